The molecule has 0 rings (SSSR count). The van der Waals surface area contributed by atoms with Gasteiger partial charge in [-0.2, -0.15) is 0 Å². The molecule has 0 fully saturated rings. The first-order valence-corrected chi connectivity index (χ1v) is 3.63. The quantitative estimate of drug-likeness (QED) is 0.504. The van der Waals surface area contributed by atoms with Crippen LogP contribution in [0.25, 0.3) is 0 Å². The van der Waals surface area contributed by atoms with Crippen molar-refractivity contribution in [1.29, 1.82) is 0 Å². The molecule has 0 unspecified atom stereocenters. The zero-order chi connectivity index (χ0) is 6.95. The molecule has 0 N–H and O–H groups in total. The summed E-state index contributed by atoms with van der Waals surface area (Å²) < 4.78 is 0. The molecule has 0 heterocycles. The molecule has 0 aromatic carbocycles. The maximum Gasteiger partial charge on any atom is -0.0279 e. The Bertz CT molecular complexity index is 88.2. The standard InChI is InChI=1S/C9H15/c1-3-5-7-9-8-6-4-2/h5,7,9H,3-4,6H2,1-2H3/b7-5+,9-8?. The van der Waals surface area contributed by atoms with Crippen LogP contribution in [0, 0.1) is 6.08 Å². The highest BCUT2D eigenvalue weighted by Crippen LogP contribution is 1.87. The van der Waals surface area contributed by atoms with Gasteiger partial charge in [0.25, 0.3) is 0 Å². The van der Waals surface area contributed by atoms with E-state index in [0.717, 1.165) is 12.8 Å². The van der Waals surface area contributed by atoms with Gasteiger partial charge in [-0.3, -0.25) is 0 Å². The van der Waals surface area contributed by atoms with Crippen molar-refractivity contribution in [3.05, 3.63) is 24.3 Å². The minimum atomic E-state index is 1.08. The fraction of sp³-hybridized carbons (Fsp3) is 0.556. The molecule has 0 bridgehead atoms. The maximum atomic E-state index is 3.16. The largest absolute Gasteiger partial charge is 0.0848 e. The Morgan fingerprint density at radius 2 is 2.11 bits per heavy atom. The van der Waals surface area contributed by atoms with E-state index in [-0.39, 0.29) is 0 Å². The molecule has 0 spiro atoms. The first-order chi connectivity index (χ1) is 4.41. The molecule has 0 nitrogen and oxygen atoms in total. The van der Waals surface area contributed by atoms with Crippen LogP contribution in [0.1, 0.15) is 33.1 Å². The van der Waals surface area contributed by atoms with Crippen LogP contribution >= 0.6 is 0 Å². The van der Waals surface area contributed by atoms with Crippen LogP contribution in [0.3, 0.4) is 0 Å². The van der Waals surface area contributed by atoms with E-state index in [4.69, 9.17) is 0 Å². The van der Waals surface area contributed by atoms with Gasteiger partial charge in [0, 0.05) is 0 Å². The van der Waals surface area contributed by atoms with Crippen molar-refractivity contribution in [3.63, 3.8) is 0 Å². The van der Waals surface area contributed by atoms with E-state index < -0.39 is 0 Å². The highest BCUT2D eigenvalue weighted by Gasteiger charge is 1.69. The third-order valence-electron chi connectivity index (χ3n) is 0.980. The summed E-state index contributed by atoms with van der Waals surface area (Å²) in [6, 6.07) is 0. The molecule has 0 amide bonds. The van der Waals surface area contributed by atoms with Crippen LogP contribution < -0.4 is 0 Å². The summed E-state index contributed by atoms with van der Waals surface area (Å²) in [7, 11) is 0. The molecule has 0 saturated carbocycles. The van der Waals surface area contributed by atoms with Crippen LogP contribution in [0.2, 0.25) is 0 Å². The van der Waals surface area contributed by atoms with Crippen molar-refractivity contribution < 1.29 is 0 Å². The highest BCUT2D eigenvalue weighted by molar-refractivity contribution is 4.98. The highest BCUT2D eigenvalue weighted by atomic mass is 13.7. The van der Waals surface area contributed by atoms with Gasteiger partial charge in [-0.25, -0.2) is 0 Å². The van der Waals surface area contributed by atoms with Gasteiger partial charge in [0.15, 0.2) is 0 Å². The number of hydrogen-bond donors (Lipinski definition) is 0. The topological polar surface area (TPSA) is 0 Å². The van der Waals surface area contributed by atoms with Crippen LogP contribution in [-0.2, 0) is 0 Å². The molecular formula is C9H15. The predicted octanol–water partition coefficient (Wildman–Crippen LogP) is 3.11. The summed E-state index contributed by atoms with van der Waals surface area (Å²) in [5, 5.41) is 0. The van der Waals surface area contributed by atoms with Gasteiger partial charge < -0.3 is 0 Å². The molecule has 0 aliphatic rings. The second-order valence-electron chi connectivity index (χ2n) is 1.96. The minimum absolute atomic E-state index is 1.08. The summed E-state index contributed by atoms with van der Waals surface area (Å²) in [5.74, 6) is 0. The Labute approximate surface area is 58.3 Å². The lowest BCUT2D eigenvalue weighted by Gasteiger charge is -1.78. The lowest BCUT2D eigenvalue weighted by molar-refractivity contribution is 0.939. The van der Waals surface area contributed by atoms with Crippen molar-refractivity contribution in [2.75, 3.05) is 0 Å². The SMILES string of the molecule is CC/C=C/C=[C]\CCC. The van der Waals surface area contributed by atoms with Gasteiger partial charge in [-0.05, 0) is 18.9 Å². The number of unbranched alkanes of at least 4 members (excludes halogenated alkanes) is 1. The monoisotopic (exact) mass is 123 g/mol. The zero-order valence-electron chi connectivity index (χ0n) is 6.35. The Morgan fingerprint density at radius 1 is 1.33 bits per heavy atom. The second-order valence-corrected chi connectivity index (χ2v) is 1.96. The van der Waals surface area contributed by atoms with E-state index in [2.05, 4.69) is 32.1 Å². The number of rotatable bonds is 4. The maximum absolute atomic E-state index is 3.16. The average Bonchev–Trinajstić information content (AvgIpc) is 1.89. The molecule has 0 saturated heterocycles. The number of allylic oxidation sites excluding steroid dienone is 4. The smallest absolute Gasteiger partial charge is 0.0279 e. The Morgan fingerprint density at radius 3 is 2.67 bits per heavy atom. The zero-order valence-corrected chi connectivity index (χ0v) is 6.35. The second kappa shape index (κ2) is 7.48. The van der Waals surface area contributed by atoms with Crippen molar-refractivity contribution in [3.8, 4) is 0 Å². The van der Waals surface area contributed by atoms with Gasteiger partial charge in [0.2, 0.25) is 0 Å². The summed E-state index contributed by atoms with van der Waals surface area (Å²) in [6.07, 6.45) is 12.7. The lowest BCUT2D eigenvalue weighted by Crippen LogP contribution is -1.60. The minimum Gasteiger partial charge on any atom is -0.0848 e. The van der Waals surface area contributed by atoms with Crippen LogP contribution in [0.4, 0.5) is 0 Å². The molecule has 0 atom stereocenters. The first-order valence-electron chi connectivity index (χ1n) is 3.63. The van der Waals surface area contributed by atoms with Crippen LogP contribution in [-0.4, -0.2) is 0 Å². The fourth-order valence-electron chi connectivity index (χ4n) is 0.500. The Kier molecular flexibility index (Phi) is 7.05. The van der Waals surface area contributed by atoms with E-state index >= 15 is 0 Å². The molecule has 9 heavy (non-hydrogen) atoms. The molecule has 0 aromatic rings. The Balaban J connectivity index is 3.13. The molecule has 0 heteroatoms. The molecule has 51 valence electrons. The van der Waals surface area contributed by atoms with Crippen molar-refractivity contribution in [1.82, 2.24) is 0 Å². The van der Waals surface area contributed by atoms with E-state index in [1.807, 2.05) is 6.08 Å². The van der Waals surface area contributed by atoms with Gasteiger partial charge in [-0.15, -0.1) is 0 Å². The molecule has 0 aliphatic carbocycles. The van der Waals surface area contributed by atoms with E-state index in [0.29, 0.717) is 0 Å². The molecular weight excluding hydrogens is 108 g/mol. The van der Waals surface area contributed by atoms with E-state index in [1.165, 1.54) is 6.42 Å². The predicted molar refractivity (Wildman–Crippen MR) is 42.2 cm³/mol. The van der Waals surface area contributed by atoms with E-state index in [9.17, 15) is 0 Å². The summed E-state index contributed by atoms with van der Waals surface area (Å²) in [5.41, 5.74) is 0. The Hall–Kier alpha value is -0.520. The third kappa shape index (κ3) is 7.48. The summed E-state index contributed by atoms with van der Waals surface area (Å²) in [4.78, 5) is 0. The van der Waals surface area contributed by atoms with Gasteiger partial charge in [0.05, 0.1) is 0 Å². The van der Waals surface area contributed by atoms with Gasteiger partial charge in [-0.1, -0.05) is 38.5 Å². The molecule has 0 aromatic heterocycles. The van der Waals surface area contributed by atoms with Gasteiger partial charge >= 0.3 is 0 Å². The molecule has 1 radical (unpaired) electrons. The first kappa shape index (κ1) is 8.48. The average molecular weight is 123 g/mol. The fourth-order valence-corrected chi connectivity index (χ4v) is 0.500. The van der Waals surface area contributed by atoms with Gasteiger partial charge in [0.1, 0.15) is 0 Å². The van der Waals surface area contributed by atoms with Crippen molar-refractivity contribution in [2.45, 2.75) is 33.1 Å². The summed E-state index contributed by atoms with van der Waals surface area (Å²) >= 11 is 0. The normalized spacial score (nSPS) is 11.8. The summed E-state index contributed by atoms with van der Waals surface area (Å²) in [6.45, 7) is 4.29. The van der Waals surface area contributed by atoms with Crippen LogP contribution in [0.15, 0.2) is 18.2 Å². The van der Waals surface area contributed by atoms with E-state index in [1.54, 1.807) is 0 Å². The third-order valence-corrected chi connectivity index (χ3v) is 0.980. The van der Waals surface area contributed by atoms with Crippen molar-refractivity contribution >= 4 is 0 Å². The number of hydrogen-bond acceptors (Lipinski definition) is 0. The van der Waals surface area contributed by atoms with Crippen LogP contribution in [0.5, 0.6) is 0 Å². The van der Waals surface area contributed by atoms with Crippen molar-refractivity contribution in [2.24, 2.45) is 0 Å². The molecule has 0 aliphatic heterocycles. The lowest BCUT2D eigenvalue weighted by atomic mass is 10.3.